The molecule has 0 saturated carbocycles. The smallest absolute Gasteiger partial charge is 0.129 e. The quantitative estimate of drug-likeness (QED) is 0.568. The van der Waals surface area contributed by atoms with Crippen LogP contribution in [0.5, 0.6) is 0 Å². The molecule has 0 amide bonds. The fourth-order valence-corrected chi connectivity index (χ4v) is 2.45. The standard InChI is InChI=1S/C14H21ClN2O2/c1-18-6-7-19-11-13-4-5-17(10-13)9-12-2-3-14(15)16-8-12/h2-3,8,13H,4-7,9-11H2,1H3/t13-/m1/s1. The zero-order valence-electron chi connectivity index (χ0n) is 11.3. The average Bonchev–Trinajstić information content (AvgIpc) is 2.85. The van der Waals surface area contributed by atoms with E-state index in [-0.39, 0.29) is 0 Å². The molecule has 2 rings (SSSR count). The van der Waals surface area contributed by atoms with Crippen molar-refractivity contribution in [2.45, 2.75) is 13.0 Å². The van der Waals surface area contributed by atoms with Crippen molar-refractivity contribution < 1.29 is 9.47 Å². The lowest BCUT2D eigenvalue weighted by atomic mass is 10.1. The maximum Gasteiger partial charge on any atom is 0.129 e. The van der Waals surface area contributed by atoms with Crippen LogP contribution in [0.3, 0.4) is 0 Å². The Morgan fingerprint density at radius 1 is 1.42 bits per heavy atom. The van der Waals surface area contributed by atoms with Crippen LogP contribution in [-0.2, 0) is 16.0 Å². The molecule has 1 atom stereocenters. The second-order valence-electron chi connectivity index (χ2n) is 4.95. The van der Waals surface area contributed by atoms with Crippen LogP contribution < -0.4 is 0 Å². The van der Waals surface area contributed by atoms with Gasteiger partial charge in [0, 0.05) is 26.4 Å². The predicted octanol–water partition coefficient (Wildman–Crippen LogP) is 2.22. The number of rotatable bonds is 7. The Labute approximate surface area is 119 Å². The van der Waals surface area contributed by atoms with Gasteiger partial charge in [0.2, 0.25) is 0 Å². The number of pyridine rings is 1. The van der Waals surface area contributed by atoms with Gasteiger partial charge in [-0.05, 0) is 30.5 Å². The summed E-state index contributed by atoms with van der Waals surface area (Å²) in [6.07, 6.45) is 3.05. The molecule has 0 unspecified atom stereocenters. The number of nitrogens with zero attached hydrogens (tertiary/aromatic N) is 2. The van der Waals surface area contributed by atoms with E-state index in [1.54, 1.807) is 7.11 Å². The third-order valence-corrected chi connectivity index (χ3v) is 3.57. The van der Waals surface area contributed by atoms with Crippen LogP contribution in [0.1, 0.15) is 12.0 Å². The molecular formula is C14H21ClN2O2. The largest absolute Gasteiger partial charge is 0.382 e. The summed E-state index contributed by atoms with van der Waals surface area (Å²) in [6.45, 7) is 5.36. The Morgan fingerprint density at radius 3 is 3.05 bits per heavy atom. The van der Waals surface area contributed by atoms with Crippen LogP contribution in [0.4, 0.5) is 0 Å². The van der Waals surface area contributed by atoms with Crippen molar-refractivity contribution in [2.24, 2.45) is 5.92 Å². The summed E-state index contributed by atoms with van der Waals surface area (Å²) in [5.41, 5.74) is 1.21. The van der Waals surface area contributed by atoms with Gasteiger partial charge in [-0.1, -0.05) is 17.7 Å². The van der Waals surface area contributed by atoms with Gasteiger partial charge in [0.05, 0.1) is 19.8 Å². The summed E-state index contributed by atoms with van der Waals surface area (Å²) in [6, 6.07) is 3.88. The van der Waals surface area contributed by atoms with Gasteiger partial charge >= 0.3 is 0 Å². The van der Waals surface area contributed by atoms with E-state index < -0.39 is 0 Å². The van der Waals surface area contributed by atoms with Crippen LogP contribution in [0.2, 0.25) is 5.15 Å². The molecule has 0 N–H and O–H groups in total. The Morgan fingerprint density at radius 2 is 2.32 bits per heavy atom. The highest BCUT2D eigenvalue weighted by molar-refractivity contribution is 6.29. The van der Waals surface area contributed by atoms with Crippen LogP contribution in [-0.4, -0.2) is 49.9 Å². The fourth-order valence-electron chi connectivity index (χ4n) is 2.34. The molecule has 0 bridgehead atoms. The maximum atomic E-state index is 5.78. The van der Waals surface area contributed by atoms with Crippen molar-refractivity contribution in [2.75, 3.05) is 40.0 Å². The molecule has 1 aromatic rings. The van der Waals surface area contributed by atoms with Crippen LogP contribution >= 0.6 is 11.6 Å². The zero-order valence-corrected chi connectivity index (χ0v) is 12.1. The lowest BCUT2D eigenvalue weighted by Crippen LogP contribution is -2.21. The highest BCUT2D eigenvalue weighted by Gasteiger charge is 2.22. The third-order valence-electron chi connectivity index (χ3n) is 3.35. The lowest BCUT2D eigenvalue weighted by molar-refractivity contribution is 0.0525. The molecule has 1 saturated heterocycles. The SMILES string of the molecule is COCCOC[C@@H]1CCN(Cc2ccc(Cl)nc2)C1. The van der Waals surface area contributed by atoms with Crippen molar-refractivity contribution in [3.05, 3.63) is 29.0 Å². The van der Waals surface area contributed by atoms with Crippen LogP contribution in [0.15, 0.2) is 18.3 Å². The number of aromatic nitrogens is 1. The summed E-state index contributed by atoms with van der Waals surface area (Å²) in [5, 5.41) is 0.551. The van der Waals surface area contributed by atoms with Crippen molar-refractivity contribution in [1.82, 2.24) is 9.88 Å². The van der Waals surface area contributed by atoms with E-state index >= 15 is 0 Å². The summed E-state index contributed by atoms with van der Waals surface area (Å²) in [4.78, 5) is 6.55. The molecule has 1 aromatic heterocycles. The van der Waals surface area contributed by atoms with Crippen molar-refractivity contribution in [1.29, 1.82) is 0 Å². The van der Waals surface area contributed by atoms with Gasteiger partial charge in [0.25, 0.3) is 0 Å². The molecule has 0 aliphatic carbocycles. The molecule has 5 heteroatoms. The minimum Gasteiger partial charge on any atom is -0.382 e. The second kappa shape index (κ2) is 7.80. The van der Waals surface area contributed by atoms with E-state index in [0.717, 1.165) is 26.2 Å². The van der Waals surface area contributed by atoms with Crippen LogP contribution in [0, 0.1) is 5.92 Å². The van der Waals surface area contributed by atoms with E-state index in [1.807, 2.05) is 18.3 Å². The molecule has 19 heavy (non-hydrogen) atoms. The van der Waals surface area contributed by atoms with Gasteiger partial charge < -0.3 is 9.47 Å². The number of likely N-dealkylation sites (tertiary alicyclic amines) is 1. The highest BCUT2D eigenvalue weighted by Crippen LogP contribution is 2.19. The summed E-state index contributed by atoms with van der Waals surface area (Å²) >= 11 is 5.78. The predicted molar refractivity (Wildman–Crippen MR) is 75.3 cm³/mol. The minimum atomic E-state index is 0.551. The Bertz CT molecular complexity index is 372. The van der Waals surface area contributed by atoms with Crippen molar-refractivity contribution in [3.8, 4) is 0 Å². The molecular weight excluding hydrogens is 264 g/mol. The number of methoxy groups -OCH3 is 1. The monoisotopic (exact) mass is 284 g/mol. The van der Waals surface area contributed by atoms with E-state index in [2.05, 4.69) is 9.88 Å². The fraction of sp³-hybridized carbons (Fsp3) is 0.643. The first-order valence-corrected chi connectivity index (χ1v) is 7.05. The van der Waals surface area contributed by atoms with Gasteiger partial charge in [0.15, 0.2) is 0 Å². The third kappa shape index (κ3) is 5.07. The zero-order chi connectivity index (χ0) is 13.5. The molecule has 1 aliphatic rings. The molecule has 106 valence electrons. The second-order valence-corrected chi connectivity index (χ2v) is 5.33. The minimum absolute atomic E-state index is 0.551. The maximum absolute atomic E-state index is 5.78. The molecule has 2 heterocycles. The molecule has 0 radical (unpaired) electrons. The summed E-state index contributed by atoms with van der Waals surface area (Å²) < 4.78 is 10.6. The average molecular weight is 285 g/mol. The first-order chi connectivity index (χ1) is 9.28. The van der Waals surface area contributed by atoms with Crippen molar-refractivity contribution >= 4 is 11.6 Å². The van der Waals surface area contributed by atoms with E-state index in [1.165, 1.54) is 12.0 Å². The number of halogens is 1. The topological polar surface area (TPSA) is 34.6 Å². The number of hydrogen-bond acceptors (Lipinski definition) is 4. The van der Waals surface area contributed by atoms with E-state index in [0.29, 0.717) is 24.3 Å². The first kappa shape index (κ1) is 14.7. The normalized spacial score (nSPS) is 20.0. The van der Waals surface area contributed by atoms with Crippen molar-refractivity contribution in [3.63, 3.8) is 0 Å². The Balaban J connectivity index is 1.68. The van der Waals surface area contributed by atoms with E-state index in [9.17, 15) is 0 Å². The first-order valence-electron chi connectivity index (χ1n) is 6.67. The lowest BCUT2D eigenvalue weighted by Gasteiger charge is -2.16. The Hall–Kier alpha value is -0.680. The molecule has 1 aliphatic heterocycles. The summed E-state index contributed by atoms with van der Waals surface area (Å²) in [5.74, 6) is 0.636. The molecule has 1 fully saturated rings. The molecule has 4 nitrogen and oxygen atoms in total. The number of hydrogen-bond donors (Lipinski definition) is 0. The van der Waals surface area contributed by atoms with Gasteiger partial charge in [-0.25, -0.2) is 4.98 Å². The number of ether oxygens (including phenoxy) is 2. The summed E-state index contributed by atoms with van der Waals surface area (Å²) in [7, 11) is 1.70. The van der Waals surface area contributed by atoms with Gasteiger partial charge in [0.1, 0.15) is 5.15 Å². The molecule has 0 aromatic carbocycles. The van der Waals surface area contributed by atoms with E-state index in [4.69, 9.17) is 21.1 Å². The highest BCUT2D eigenvalue weighted by atomic mass is 35.5. The Kier molecular flexibility index (Phi) is 6.04. The van der Waals surface area contributed by atoms with Gasteiger partial charge in [-0.2, -0.15) is 0 Å². The molecule has 0 spiro atoms. The van der Waals surface area contributed by atoms with Gasteiger partial charge in [-0.3, -0.25) is 4.90 Å². The van der Waals surface area contributed by atoms with Crippen LogP contribution in [0.25, 0.3) is 0 Å². The van der Waals surface area contributed by atoms with Gasteiger partial charge in [-0.15, -0.1) is 0 Å².